The minimum absolute atomic E-state index is 0. The Bertz CT molecular complexity index is 30.0. The van der Waals surface area contributed by atoms with Gasteiger partial charge in [-0.05, 0) is 19.6 Å². The molecule has 0 aliphatic heterocycles. The van der Waals surface area contributed by atoms with Crippen LogP contribution in [0.5, 0.6) is 0 Å². The van der Waals surface area contributed by atoms with Crippen LogP contribution in [0.25, 0.3) is 0 Å². The summed E-state index contributed by atoms with van der Waals surface area (Å²) in [6.45, 7) is 10.1. The smallest absolute Gasteiger partial charge is 0 e. The van der Waals surface area contributed by atoms with Crippen LogP contribution in [0.4, 0.5) is 0 Å². The summed E-state index contributed by atoms with van der Waals surface area (Å²) < 4.78 is 0. The topological polar surface area (TPSA) is 3.24 Å². The molecule has 0 radical (unpaired) electrons. The summed E-state index contributed by atoms with van der Waals surface area (Å²) in [5, 5.41) is 0. The molecular formula is C6H15HfN. The summed E-state index contributed by atoms with van der Waals surface area (Å²) >= 11 is 0. The zero-order valence-corrected chi connectivity index (χ0v) is 9.66. The zero-order chi connectivity index (χ0) is 5.70. The first-order valence-electron chi connectivity index (χ1n) is 3.07. The van der Waals surface area contributed by atoms with Crippen molar-refractivity contribution in [1.82, 2.24) is 4.90 Å². The van der Waals surface area contributed by atoms with E-state index in [9.17, 15) is 0 Å². The molecule has 2 heteroatoms. The number of hydrogen-bond donors (Lipinski definition) is 0. The summed E-state index contributed by atoms with van der Waals surface area (Å²) in [5.74, 6) is 0. The SMILES string of the molecule is CCN(CC)CC.[Hf]. The van der Waals surface area contributed by atoms with Gasteiger partial charge in [-0.2, -0.15) is 0 Å². The van der Waals surface area contributed by atoms with Crippen LogP contribution in [0.3, 0.4) is 0 Å². The van der Waals surface area contributed by atoms with Gasteiger partial charge in [-0.1, -0.05) is 20.8 Å². The van der Waals surface area contributed by atoms with Gasteiger partial charge in [0, 0.05) is 25.8 Å². The first kappa shape index (κ1) is 11.6. The average Bonchev–Trinajstić information content (AvgIpc) is 1.72. The minimum atomic E-state index is 0. The molecule has 1 nitrogen and oxygen atoms in total. The fourth-order valence-corrected chi connectivity index (χ4v) is 0.671. The number of hydrogen-bond acceptors (Lipinski definition) is 1. The van der Waals surface area contributed by atoms with Gasteiger partial charge in [-0.3, -0.25) is 0 Å². The molecule has 48 valence electrons. The Kier molecular flexibility index (Phi) is 11.4. The van der Waals surface area contributed by atoms with Crippen molar-refractivity contribution in [1.29, 1.82) is 0 Å². The average molecular weight is 280 g/mol. The molecule has 0 spiro atoms. The fourth-order valence-electron chi connectivity index (χ4n) is 0.671. The van der Waals surface area contributed by atoms with Crippen LogP contribution in [-0.2, 0) is 25.8 Å². The first-order valence-corrected chi connectivity index (χ1v) is 3.07. The van der Waals surface area contributed by atoms with E-state index in [0.29, 0.717) is 0 Å². The second-order valence-electron chi connectivity index (χ2n) is 1.62. The molecule has 0 aromatic carbocycles. The standard InChI is InChI=1S/C6H15N.Hf/c1-4-7(5-2)6-3;/h4-6H2,1-3H3;. The third kappa shape index (κ3) is 4.98. The molecule has 0 fully saturated rings. The fraction of sp³-hybridized carbons (Fsp3) is 1.00. The Hall–Kier alpha value is 0.830. The molecule has 0 aliphatic rings. The van der Waals surface area contributed by atoms with Crippen LogP contribution in [0.15, 0.2) is 0 Å². The van der Waals surface area contributed by atoms with Crippen LogP contribution in [0, 0.1) is 0 Å². The Morgan fingerprint density at radius 1 is 0.875 bits per heavy atom. The van der Waals surface area contributed by atoms with Gasteiger partial charge in [0.05, 0.1) is 0 Å². The van der Waals surface area contributed by atoms with E-state index < -0.39 is 0 Å². The molecule has 8 heavy (non-hydrogen) atoms. The molecule has 0 bridgehead atoms. The molecule has 0 aromatic rings. The van der Waals surface area contributed by atoms with Crippen molar-refractivity contribution in [2.45, 2.75) is 20.8 Å². The van der Waals surface area contributed by atoms with Crippen molar-refractivity contribution >= 4 is 0 Å². The van der Waals surface area contributed by atoms with Gasteiger partial charge >= 0.3 is 0 Å². The van der Waals surface area contributed by atoms with E-state index in [1.54, 1.807) is 0 Å². The summed E-state index contributed by atoms with van der Waals surface area (Å²) in [6.07, 6.45) is 0. The van der Waals surface area contributed by atoms with Crippen LogP contribution in [0.2, 0.25) is 0 Å². The second kappa shape index (κ2) is 7.83. The molecule has 0 saturated heterocycles. The molecule has 0 aliphatic carbocycles. The molecule has 0 amide bonds. The van der Waals surface area contributed by atoms with Crippen molar-refractivity contribution in [2.24, 2.45) is 0 Å². The number of nitrogens with zero attached hydrogens (tertiary/aromatic N) is 1. The van der Waals surface area contributed by atoms with E-state index in [2.05, 4.69) is 25.7 Å². The van der Waals surface area contributed by atoms with Crippen molar-refractivity contribution in [2.75, 3.05) is 19.6 Å². The molecule has 0 atom stereocenters. The van der Waals surface area contributed by atoms with Gasteiger partial charge in [-0.15, -0.1) is 0 Å². The van der Waals surface area contributed by atoms with Crippen LogP contribution in [-0.4, -0.2) is 24.5 Å². The van der Waals surface area contributed by atoms with Gasteiger partial charge in [0.15, 0.2) is 0 Å². The summed E-state index contributed by atoms with van der Waals surface area (Å²) in [7, 11) is 0. The summed E-state index contributed by atoms with van der Waals surface area (Å²) in [5.41, 5.74) is 0. The predicted molar refractivity (Wildman–Crippen MR) is 33.5 cm³/mol. The van der Waals surface area contributed by atoms with Crippen LogP contribution in [0.1, 0.15) is 20.8 Å². The van der Waals surface area contributed by atoms with Gasteiger partial charge in [-0.25, -0.2) is 0 Å². The molecule has 0 aromatic heterocycles. The van der Waals surface area contributed by atoms with E-state index in [1.807, 2.05) is 0 Å². The summed E-state index contributed by atoms with van der Waals surface area (Å²) in [6, 6.07) is 0. The van der Waals surface area contributed by atoms with Gasteiger partial charge in [0.1, 0.15) is 0 Å². The maximum atomic E-state index is 2.38. The number of rotatable bonds is 3. The molecule has 0 heterocycles. The van der Waals surface area contributed by atoms with Crippen LogP contribution >= 0.6 is 0 Å². The maximum Gasteiger partial charge on any atom is 0 e. The predicted octanol–water partition coefficient (Wildman–Crippen LogP) is 1.35. The van der Waals surface area contributed by atoms with Crippen molar-refractivity contribution in [3.63, 3.8) is 0 Å². The monoisotopic (exact) mass is 281 g/mol. The van der Waals surface area contributed by atoms with Gasteiger partial charge in [0.25, 0.3) is 0 Å². The minimum Gasteiger partial charge on any atom is -0.304 e. The second-order valence-corrected chi connectivity index (χ2v) is 1.62. The van der Waals surface area contributed by atoms with Crippen molar-refractivity contribution < 1.29 is 25.8 Å². The van der Waals surface area contributed by atoms with Crippen LogP contribution < -0.4 is 0 Å². The van der Waals surface area contributed by atoms with Gasteiger partial charge in [0.2, 0.25) is 0 Å². The Morgan fingerprint density at radius 3 is 1.12 bits per heavy atom. The van der Waals surface area contributed by atoms with E-state index in [1.165, 1.54) is 19.6 Å². The summed E-state index contributed by atoms with van der Waals surface area (Å²) in [4.78, 5) is 2.38. The normalized spacial score (nSPS) is 9.00. The quantitative estimate of drug-likeness (QED) is 0.705. The van der Waals surface area contributed by atoms with E-state index in [0.717, 1.165) is 0 Å². The van der Waals surface area contributed by atoms with E-state index in [-0.39, 0.29) is 25.8 Å². The zero-order valence-electron chi connectivity index (χ0n) is 6.07. The Balaban J connectivity index is 0. The molecule has 0 N–H and O–H groups in total. The Labute approximate surface area is 71.2 Å². The van der Waals surface area contributed by atoms with Crippen molar-refractivity contribution in [3.05, 3.63) is 0 Å². The van der Waals surface area contributed by atoms with E-state index in [4.69, 9.17) is 0 Å². The molecule has 0 unspecified atom stereocenters. The maximum absolute atomic E-state index is 2.38. The molecule has 0 saturated carbocycles. The van der Waals surface area contributed by atoms with E-state index >= 15 is 0 Å². The third-order valence-corrected chi connectivity index (χ3v) is 1.34. The largest absolute Gasteiger partial charge is 0.304 e. The van der Waals surface area contributed by atoms with Gasteiger partial charge < -0.3 is 4.90 Å². The Morgan fingerprint density at radius 2 is 1.12 bits per heavy atom. The first-order chi connectivity index (χ1) is 3.35. The third-order valence-electron chi connectivity index (χ3n) is 1.34. The molecular weight excluding hydrogens is 265 g/mol. The molecule has 0 rings (SSSR count). The van der Waals surface area contributed by atoms with Crippen molar-refractivity contribution in [3.8, 4) is 0 Å².